The van der Waals surface area contributed by atoms with Crippen LogP contribution in [0.1, 0.15) is 62.9 Å². The quantitative estimate of drug-likeness (QED) is 0.353. The van der Waals surface area contributed by atoms with Crippen molar-refractivity contribution in [2.45, 2.75) is 64.5 Å². The van der Waals surface area contributed by atoms with Gasteiger partial charge in [-0.15, -0.1) is 0 Å². The summed E-state index contributed by atoms with van der Waals surface area (Å²) in [7, 11) is -4.26. The average Bonchev–Trinajstić information content (AvgIpc) is 2.72. The van der Waals surface area contributed by atoms with Crippen LogP contribution in [-0.4, -0.2) is 37.8 Å². The van der Waals surface area contributed by atoms with Crippen LogP contribution in [0.25, 0.3) is 0 Å². The summed E-state index contributed by atoms with van der Waals surface area (Å²) in [4.78, 5) is 26.8. The Labute approximate surface area is 202 Å². The topological polar surface area (TPSA) is 90.0 Å². The molecule has 0 aromatic heterocycles. The Balaban J connectivity index is 1.74. The minimum Gasteiger partial charge on any atom is -0.459 e. The minimum atomic E-state index is -4.26. The maximum atomic E-state index is 12.9. The van der Waals surface area contributed by atoms with Crippen molar-refractivity contribution >= 4 is 22.0 Å². The molecule has 0 spiro atoms. The van der Waals surface area contributed by atoms with Crippen LogP contribution in [0.15, 0.2) is 53.4 Å². The van der Waals surface area contributed by atoms with E-state index in [4.69, 9.17) is 8.92 Å². The Hall–Kier alpha value is -2.87. The minimum absolute atomic E-state index is 0.0772. The fraction of sp³-hybridized carbons (Fsp3) is 0.462. The third-order valence-electron chi connectivity index (χ3n) is 5.57. The lowest BCUT2D eigenvalue weighted by molar-refractivity contribution is -0.139. The molecular formula is C26H33NO6S. The molecule has 0 radical (unpaired) electrons. The van der Waals surface area contributed by atoms with Crippen molar-refractivity contribution in [3.05, 3.63) is 59.7 Å². The van der Waals surface area contributed by atoms with E-state index in [2.05, 4.69) is 13.8 Å². The van der Waals surface area contributed by atoms with Crippen molar-refractivity contribution in [2.75, 3.05) is 6.54 Å². The Morgan fingerprint density at radius 2 is 1.65 bits per heavy atom. The second-order valence-electron chi connectivity index (χ2n) is 9.37. The number of ether oxygens (including phenoxy) is 1. The van der Waals surface area contributed by atoms with Gasteiger partial charge in [0.05, 0.1) is 11.7 Å². The molecule has 1 aliphatic carbocycles. The van der Waals surface area contributed by atoms with Crippen molar-refractivity contribution < 1.29 is 26.9 Å². The van der Waals surface area contributed by atoms with Crippen LogP contribution >= 0.6 is 0 Å². The van der Waals surface area contributed by atoms with E-state index in [1.54, 1.807) is 44.2 Å². The fourth-order valence-corrected chi connectivity index (χ4v) is 4.88. The lowest BCUT2D eigenvalue weighted by Crippen LogP contribution is -2.40. The van der Waals surface area contributed by atoms with E-state index >= 15 is 0 Å². The number of benzene rings is 2. The van der Waals surface area contributed by atoms with Gasteiger partial charge in [0.2, 0.25) is 5.91 Å². The summed E-state index contributed by atoms with van der Waals surface area (Å²) in [6.07, 6.45) is 2.61. The summed E-state index contributed by atoms with van der Waals surface area (Å²) in [6, 6.07) is 12.4. The van der Waals surface area contributed by atoms with Crippen molar-refractivity contribution in [1.82, 2.24) is 4.90 Å². The van der Waals surface area contributed by atoms with Gasteiger partial charge >= 0.3 is 16.1 Å². The summed E-state index contributed by atoms with van der Waals surface area (Å²) >= 11 is 0. The van der Waals surface area contributed by atoms with Gasteiger partial charge in [0, 0.05) is 19.0 Å². The first-order valence-electron chi connectivity index (χ1n) is 11.7. The van der Waals surface area contributed by atoms with Gasteiger partial charge in [0.15, 0.2) is 0 Å². The number of carbonyl (C=O) groups excluding carboxylic acids is 2. The van der Waals surface area contributed by atoms with Gasteiger partial charge in [-0.2, -0.15) is 8.42 Å². The smallest absolute Gasteiger partial charge is 0.340 e. The summed E-state index contributed by atoms with van der Waals surface area (Å²) in [6.45, 7) is 8.68. The van der Waals surface area contributed by atoms with E-state index in [1.165, 1.54) is 18.2 Å². The molecule has 1 aliphatic rings. The molecule has 0 saturated heterocycles. The van der Waals surface area contributed by atoms with Crippen LogP contribution in [0.5, 0.6) is 5.75 Å². The van der Waals surface area contributed by atoms with Crippen LogP contribution in [0.4, 0.5) is 0 Å². The largest absolute Gasteiger partial charge is 0.459 e. The van der Waals surface area contributed by atoms with Gasteiger partial charge in [-0.25, -0.2) is 4.79 Å². The van der Waals surface area contributed by atoms with Gasteiger partial charge < -0.3 is 13.8 Å². The van der Waals surface area contributed by atoms with E-state index in [9.17, 15) is 18.0 Å². The Morgan fingerprint density at radius 1 is 1.00 bits per heavy atom. The van der Waals surface area contributed by atoms with Gasteiger partial charge in [-0.1, -0.05) is 44.5 Å². The number of hydrogen-bond donors (Lipinski definition) is 0. The molecule has 1 fully saturated rings. The van der Waals surface area contributed by atoms with Crippen LogP contribution in [0, 0.1) is 11.8 Å². The second-order valence-corrected chi connectivity index (χ2v) is 10.9. The molecule has 2 aromatic rings. The number of rotatable bonds is 10. The molecule has 0 heterocycles. The highest BCUT2D eigenvalue weighted by Crippen LogP contribution is 2.29. The van der Waals surface area contributed by atoms with Crippen molar-refractivity contribution in [3.8, 4) is 5.75 Å². The third kappa shape index (κ3) is 6.59. The number of esters is 1. The zero-order valence-electron chi connectivity index (χ0n) is 20.2. The van der Waals surface area contributed by atoms with E-state index in [-0.39, 0.29) is 34.1 Å². The van der Waals surface area contributed by atoms with E-state index in [0.29, 0.717) is 19.0 Å². The number of amides is 1. The maximum Gasteiger partial charge on any atom is 0.340 e. The SMILES string of the molecule is CC(C)CN(Cc1ccc(OS(=O)(=O)c2ccccc2C(=O)OC(C)C)cc1)C(=O)C1CCC1. The van der Waals surface area contributed by atoms with E-state index in [1.807, 2.05) is 4.90 Å². The number of carbonyl (C=O) groups is 2. The lowest BCUT2D eigenvalue weighted by Gasteiger charge is -2.32. The van der Waals surface area contributed by atoms with Gasteiger partial charge in [0.1, 0.15) is 10.6 Å². The zero-order chi connectivity index (χ0) is 24.9. The van der Waals surface area contributed by atoms with Crippen molar-refractivity contribution in [3.63, 3.8) is 0 Å². The number of nitrogens with zero attached hydrogens (tertiary/aromatic N) is 1. The molecule has 7 nitrogen and oxygen atoms in total. The Bertz CT molecular complexity index is 1100. The normalized spacial score (nSPS) is 14.1. The molecule has 1 saturated carbocycles. The summed E-state index contributed by atoms with van der Waals surface area (Å²) < 4.78 is 36.3. The standard InChI is InChI=1S/C26H33NO6S/c1-18(2)16-27(25(28)21-8-7-9-21)17-20-12-14-22(15-13-20)33-34(30,31)24-11-6-5-10-23(24)26(29)32-19(3)4/h5-6,10-15,18-19,21H,7-9,16-17H2,1-4H3. The molecule has 1 amide bonds. The molecule has 0 bridgehead atoms. The first-order valence-corrected chi connectivity index (χ1v) is 13.1. The highest BCUT2D eigenvalue weighted by atomic mass is 32.2. The summed E-state index contributed by atoms with van der Waals surface area (Å²) in [5.41, 5.74) is 0.811. The summed E-state index contributed by atoms with van der Waals surface area (Å²) in [5, 5.41) is 0. The molecule has 0 aliphatic heterocycles. The molecule has 8 heteroatoms. The first-order chi connectivity index (χ1) is 16.1. The maximum absolute atomic E-state index is 12.9. The van der Waals surface area contributed by atoms with Crippen LogP contribution in [0.2, 0.25) is 0 Å². The average molecular weight is 488 g/mol. The van der Waals surface area contributed by atoms with Gasteiger partial charge in [-0.3, -0.25) is 4.79 Å². The molecule has 184 valence electrons. The van der Waals surface area contributed by atoms with E-state index < -0.39 is 16.1 Å². The molecule has 2 aromatic carbocycles. The first kappa shape index (κ1) is 25.7. The van der Waals surface area contributed by atoms with Crippen LogP contribution < -0.4 is 4.18 Å². The fourth-order valence-electron chi connectivity index (χ4n) is 3.76. The van der Waals surface area contributed by atoms with Gasteiger partial charge in [-0.05, 0) is 62.4 Å². The lowest BCUT2D eigenvalue weighted by atomic mass is 9.84. The monoisotopic (exact) mass is 487 g/mol. The molecule has 3 rings (SSSR count). The molecule has 0 unspecified atom stereocenters. The molecule has 34 heavy (non-hydrogen) atoms. The number of hydrogen-bond acceptors (Lipinski definition) is 6. The van der Waals surface area contributed by atoms with Crippen molar-refractivity contribution in [2.24, 2.45) is 11.8 Å². The zero-order valence-corrected chi connectivity index (χ0v) is 21.0. The predicted octanol–water partition coefficient (Wildman–Crippen LogP) is 4.80. The summed E-state index contributed by atoms with van der Waals surface area (Å²) in [5.74, 6) is 0.0481. The second kappa shape index (κ2) is 11.0. The highest BCUT2D eigenvalue weighted by molar-refractivity contribution is 7.87. The molecule has 0 N–H and O–H groups in total. The highest BCUT2D eigenvalue weighted by Gasteiger charge is 2.30. The van der Waals surface area contributed by atoms with Crippen molar-refractivity contribution in [1.29, 1.82) is 0 Å². The molecule has 0 atom stereocenters. The predicted molar refractivity (Wildman–Crippen MR) is 129 cm³/mol. The molecular weight excluding hydrogens is 454 g/mol. The van der Waals surface area contributed by atoms with Crippen LogP contribution in [0.3, 0.4) is 0 Å². The van der Waals surface area contributed by atoms with E-state index in [0.717, 1.165) is 24.8 Å². The van der Waals surface area contributed by atoms with Gasteiger partial charge in [0.25, 0.3) is 0 Å². The third-order valence-corrected chi connectivity index (χ3v) is 6.88. The Kier molecular flexibility index (Phi) is 8.36. The Morgan fingerprint density at radius 3 is 2.21 bits per heavy atom. The van der Waals surface area contributed by atoms with Crippen LogP contribution in [-0.2, 0) is 26.2 Å².